The molecule has 2 N–H and O–H groups in total. The van der Waals surface area contributed by atoms with Gasteiger partial charge < -0.3 is 15.3 Å². The quantitative estimate of drug-likeness (QED) is 0.506. The molecule has 0 spiro atoms. The van der Waals surface area contributed by atoms with Crippen LogP contribution < -0.4 is 5.43 Å². The fourth-order valence-electron chi connectivity index (χ4n) is 1.85. The first-order chi connectivity index (χ1) is 9.61. The van der Waals surface area contributed by atoms with Gasteiger partial charge in [-0.2, -0.15) is 0 Å². The second kappa shape index (κ2) is 10.8. The van der Waals surface area contributed by atoms with Crippen LogP contribution in [-0.4, -0.2) is 77.6 Å². The maximum atomic E-state index is 8.63. The smallest absolute Gasteiger partial charge is 0.148 e. The molecule has 0 bridgehead atoms. The molecule has 0 amide bonds. The molecule has 1 heterocycles. The molecule has 1 aliphatic rings. The monoisotopic (exact) mass is 321 g/mol. The third kappa shape index (κ3) is 8.39. The van der Waals surface area contributed by atoms with Gasteiger partial charge in [0.2, 0.25) is 0 Å². The first-order valence-electron chi connectivity index (χ1n) is 7.21. The number of thioether (sulfide) groups is 1. The molecule has 1 fully saturated rings. The molecule has 0 saturated carbocycles. The number of nitrogens with zero attached hydrogens (tertiary/aromatic N) is 2. The first-order valence-corrected chi connectivity index (χ1v) is 8.60. The number of nitrogens with one attached hydrogen (secondary N) is 1. The summed E-state index contributed by atoms with van der Waals surface area (Å²) in [5, 5.41) is 10.8. The summed E-state index contributed by atoms with van der Waals surface area (Å²) < 4.78 is 6.16. The van der Waals surface area contributed by atoms with Crippen molar-refractivity contribution in [3.05, 3.63) is 0 Å². The summed E-state index contributed by atoms with van der Waals surface area (Å²) in [6, 6.07) is 0. The van der Waals surface area contributed by atoms with E-state index in [1.54, 1.807) is 11.8 Å². The lowest BCUT2D eigenvalue weighted by Gasteiger charge is -2.35. The molecule has 20 heavy (non-hydrogen) atoms. The standard InChI is InChI=1S/C13H27N3O2S2/c1-12(2)11-20-13(19)14-16-5-3-15(4-6-16)7-9-18-10-8-17/h12,17H,3-11H2,1-2H3,(H,14,19). The number of hydrogen-bond donors (Lipinski definition) is 2. The van der Waals surface area contributed by atoms with Crippen molar-refractivity contribution in [3.8, 4) is 0 Å². The third-order valence-corrected chi connectivity index (χ3v) is 4.59. The Labute approximate surface area is 132 Å². The summed E-state index contributed by atoms with van der Waals surface area (Å²) in [6.45, 7) is 10.5. The molecule has 0 atom stereocenters. The van der Waals surface area contributed by atoms with Crippen molar-refractivity contribution in [2.75, 3.05) is 58.3 Å². The Morgan fingerprint density at radius 2 is 2.00 bits per heavy atom. The molecule has 0 aromatic rings. The van der Waals surface area contributed by atoms with E-state index in [1.165, 1.54) is 0 Å². The SMILES string of the molecule is CC(C)CSC(=S)NN1CCN(CCOCCO)CC1. The van der Waals surface area contributed by atoms with Crippen molar-refractivity contribution in [1.29, 1.82) is 0 Å². The first kappa shape index (κ1) is 18.1. The Morgan fingerprint density at radius 1 is 1.30 bits per heavy atom. The van der Waals surface area contributed by atoms with Crippen molar-refractivity contribution in [2.45, 2.75) is 13.8 Å². The molecular formula is C13H27N3O2S2. The highest BCUT2D eigenvalue weighted by atomic mass is 32.2. The van der Waals surface area contributed by atoms with Gasteiger partial charge in [0.25, 0.3) is 0 Å². The van der Waals surface area contributed by atoms with Gasteiger partial charge in [-0.15, -0.1) is 0 Å². The number of piperazine rings is 1. The van der Waals surface area contributed by atoms with Gasteiger partial charge >= 0.3 is 0 Å². The Balaban J connectivity index is 2.08. The zero-order valence-electron chi connectivity index (χ0n) is 12.5. The zero-order valence-corrected chi connectivity index (χ0v) is 14.1. The highest BCUT2D eigenvalue weighted by Crippen LogP contribution is 2.09. The molecule has 0 aromatic carbocycles. The number of hydrazine groups is 1. The van der Waals surface area contributed by atoms with Gasteiger partial charge in [0.15, 0.2) is 0 Å². The molecule has 0 radical (unpaired) electrons. The Bertz CT molecular complexity index is 272. The van der Waals surface area contributed by atoms with E-state index in [-0.39, 0.29) is 6.61 Å². The average molecular weight is 322 g/mol. The third-order valence-electron chi connectivity index (χ3n) is 2.96. The predicted octanol–water partition coefficient (Wildman–Crippen LogP) is 0.792. The summed E-state index contributed by atoms with van der Waals surface area (Å²) in [4.78, 5) is 2.37. The molecule has 0 aliphatic carbocycles. The van der Waals surface area contributed by atoms with E-state index < -0.39 is 0 Å². The molecule has 118 valence electrons. The minimum absolute atomic E-state index is 0.100. The summed E-state index contributed by atoms with van der Waals surface area (Å²) in [5.74, 6) is 1.73. The highest BCUT2D eigenvalue weighted by molar-refractivity contribution is 8.22. The van der Waals surface area contributed by atoms with Gasteiger partial charge in [-0.1, -0.05) is 37.8 Å². The van der Waals surface area contributed by atoms with E-state index in [0.29, 0.717) is 19.1 Å². The van der Waals surface area contributed by atoms with Crippen LogP contribution in [0.3, 0.4) is 0 Å². The molecule has 0 unspecified atom stereocenters. The van der Waals surface area contributed by atoms with Crippen LogP contribution >= 0.6 is 24.0 Å². The topological polar surface area (TPSA) is 48.0 Å². The number of thiocarbonyl (C=S) groups is 1. The maximum absolute atomic E-state index is 8.63. The van der Waals surface area contributed by atoms with Crippen molar-refractivity contribution < 1.29 is 9.84 Å². The fraction of sp³-hybridized carbons (Fsp3) is 0.923. The van der Waals surface area contributed by atoms with E-state index in [0.717, 1.165) is 42.8 Å². The largest absolute Gasteiger partial charge is 0.394 e. The molecule has 5 nitrogen and oxygen atoms in total. The van der Waals surface area contributed by atoms with E-state index in [9.17, 15) is 0 Å². The molecule has 1 rings (SSSR count). The van der Waals surface area contributed by atoms with Crippen LogP contribution in [0.1, 0.15) is 13.8 Å². The van der Waals surface area contributed by atoms with Gasteiger partial charge in [-0.3, -0.25) is 4.90 Å². The zero-order chi connectivity index (χ0) is 14.8. The highest BCUT2D eigenvalue weighted by Gasteiger charge is 2.17. The van der Waals surface area contributed by atoms with Crippen molar-refractivity contribution in [1.82, 2.24) is 15.3 Å². The lowest BCUT2D eigenvalue weighted by Crippen LogP contribution is -2.53. The lowest BCUT2D eigenvalue weighted by molar-refractivity contribution is 0.0531. The second-order valence-corrected chi connectivity index (χ2v) is 6.97. The fourth-order valence-corrected chi connectivity index (χ4v) is 2.86. The van der Waals surface area contributed by atoms with Crippen molar-refractivity contribution in [2.24, 2.45) is 5.92 Å². The van der Waals surface area contributed by atoms with Crippen molar-refractivity contribution in [3.63, 3.8) is 0 Å². The number of hydrogen-bond acceptors (Lipinski definition) is 6. The van der Waals surface area contributed by atoms with Gasteiger partial charge in [0, 0.05) is 38.5 Å². The van der Waals surface area contributed by atoms with E-state index in [1.807, 2.05) is 0 Å². The molecular weight excluding hydrogens is 294 g/mol. The lowest BCUT2D eigenvalue weighted by atomic mass is 10.3. The summed E-state index contributed by atoms with van der Waals surface area (Å²) >= 11 is 7.05. The minimum Gasteiger partial charge on any atom is -0.394 e. The van der Waals surface area contributed by atoms with Crippen LogP contribution in [0, 0.1) is 5.92 Å². The maximum Gasteiger partial charge on any atom is 0.148 e. The minimum atomic E-state index is 0.100. The number of aliphatic hydroxyl groups is 1. The molecule has 7 heteroatoms. The van der Waals surface area contributed by atoms with Crippen LogP contribution in [0.15, 0.2) is 0 Å². The van der Waals surface area contributed by atoms with E-state index in [4.69, 9.17) is 22.1 Å². The van der Waals surface area contributed by atoms with Crippen LogP contribution in [0.25, 0.3) is 0 Å². The van der Waals surface area contributed by atoms with Gasteiger partial charge in [0.05, 0.1) is 19.8 Å². The van der Waals surface area contributed by atoms with Gasteiger partial charge in [-0.05, 0) is 5.92 Å². The summed E-state index contributed by atoms with van der Waals surface area (Å²) in [5.41, 5.74) is 3.31. The number of ether oxygens (including phenoxy) is 1. The summed E-state index contributed by atoms with van der Waals surface area (Å²) in [6.07, 6.45) is 0. The molecule has 1 aliphatic heterocycles. The Morgan fingerprint density at radius 3 is 2.60 bits per heavy atom. The van der Waals surface area contributed by atoms with E-state index >= 15 is 0 Å². The average Bonchev–Trinajstić information content (AvgIpc) is 2.43. The van der Waals surface area contributed by atoms with E-state index in [2.05, 4.69) is 29.2 Å². The van der Waals surface area contributed by atoms with Gasteiger partial charge in [-0.25, -0.2) is 5.01 Å². The Hall–Kier alpha value is 0.0800. The molecule has 1 saturated heterocycles. The van der Waals surface area contributed by atoms with Crippen LogP contribution in [0.4, 0.5) is 0 Å². The molecule has 0 aromatic heterocycles. The normalized spacial score (nSPS) is 17.6. The van der Waals surface area contributed by atoms with Crippen LogP contribution in [0.5, 0.6) is 0 Å². The Kier molecular flexibility index (Phi) is 9.75. The van der Waals surface area contributed by atoms with Crippen molar-refractivity contribution >= 4 is 28.3 Å². The predicted molar refractivity (Wildman–Crippen MR) is 88.9 cm³/mol. The summed E-state index contributed by atoms with van der Waals surface area (Å²) in [7, 11) is 0. The number of aliphatic hydroxyl groups excluding tert-OH is 1. The number of rotatable bonds is 8. The van der Waals surface area contributed by atoms with Gasteiger partial charge in [0.1, 0.15) is 4.32 Å². The van der Waals surface area contributed by atoms with Crippen LogP contribution in [0.2, 0.25) is 0 Å². The second-order valence-electron chi connectivity index (χ2n) is 5.27. The van der Waals surface area contributed by atoms with Crippen LogP contribution in [-0.2, 0) is 4.74 Å².